The van der Waals surface area contributed by atoms with Gasteiger partial charge >= 0.3 is 59.6 Å². The minimum atomic E-state index is -8.81. The molecule has 0 fully saturated rings. The highest BCUT2D eigenvalue weighted by molar-refractivity contribution is 5.76. The second-order valence-corrected chi connectivity index (χ2v) is 12.2. The van der Waals surface area contributed by atoms with E-state index in [4.69, 9.17) is 4.74 Å². The van der Waals surface area contributed by atoms with Gasteiger partial charge in [-0.3, -0.25) is 9.59 Å². The Labute approximate surface area is 254 Å². The van der Waals surface area contributed by atoms with Crippen LogP contribution in [0.5, 0.6) is 11.5 Å². The first-order valence-corrected chi connectivity index (χ1v) is 12.5. The number of rotatable bonds is 9. The van der Waals surface area contributed by atoms with Crippen LogP contribution in [-0.4, -0.2) is 53.7 Å². The van der Waals surface area contributed by atoms with E-state index in [1.54, 1.807) is 0 Å². The summed E-state index contributed by atoms with van der Waals surface area (Å²) in [5.74, 6) is -64.0. The summed E-state index contributed by atoms with van der Waals surface area (Å²) >= 11 is 0. The van der Waals surface area contributed by atoms with E-state index in [1.807, 2.05) is 0 Å². The quantitative estimate of drug-likeness (QED) is 0.145. The molecule has 0 radical (unpaired) electrons. The normalized spacial score (nSPS) is 15.1. The van der Waals surface area contributed by atoms with Crippen LogP contribution >= 0.6 is 0 Å². The van der Waals surface area contributed by atoms with Crippen molar-refractivity contribution in [2.45, 2.75) is 114 Å². The molecular formula is C26H25F17O4. The molecule has 47 heavy (non-hydrogen) atoms. The first-order valence-electron chi connectivity index (χ1n) is 12.5. The third kappa shape index (κ3) is 6.42. The number of ether oxygens (including phenoxy) is 2. The van der Waals surface area contributed by atoms with Gasteiger partial charge in [0.05, 0.1) is 5.56 Å². The lowest BCUT2D eigenvalue weighted by Gasteiger charge is -2.43. The van der Waals surface area contributed by atoms with E-state index in [2.05, 4.69) is 4.74 Å². The van der Waals surface area contributed by atoms with E-state index in [-0.39, 0.29) is 6.07 Å². The van der Waals surface area contributed by atoms with Gasteiger partial charge in [0.2, 0.25) is 0 Å². The maximum Gasteiger partial charge on any atom is 0.460 e. The zero-order chi connectivity index (χ0) is 38.2. The van der Waals surface area contributed by atoms with Gasteiger partial charge in [-0.2, -0.15) is 74.6 Å². The van der Waals surface area contributed by atoms with Gasteiger partial charge in [0.1, 0.15) is 11.5 Å². The van der Waals surface area contributed by atoms with Crippen LogP contribution in [0.15, 0.2) is 6.07 Å². The first-order chi connectivity index (χ1) is 20.2. The van der Waals surface area contributed by atoms with Gasteiger partial charge in [-0.25, -0.2) is 0 Å². The minimum absolute atomic E-state index is 0.252. The molecule has 0 amide bonds. The number of benzene rings is 1. The molecule has 0 aromatic heterocycles. The summed E-state index contributed by atoms with van der Waals surface area (Å²) in [5, 5.41) is 0. The summed E-state index contributed by atoms with van der Waals surface area (Å²) in [4.78, 5) is 23.7. The summed E-state index contributed by atoms with van der Waals surface area (Å²) < 4.78 is 248. The fourth-order valence-electron chi connectivity index (χ4n) is 3.95. The van der Waals surface area contributed by atoms with Crippen molar-refractivity contribution in [1.29, 1.82) is 0 Å². The van der Waals surface area contributed by atoms with Gasteiger partial charge in [-0.15, -0.1) is 0 Å². The monoisotopic (exact) mass is 724 g/mol. The molecule has 4 nitrogen and oxygen atoms in total. The van der Waals surface area contributed by atoms with Crippen LogP contribution in [0.2, 0.25) is 0 Å². The number of hydrogen-bond acceptors (Lipinski definition) is 4. The number of carbonyl (C=O) groups is 2. The molecule has 0 unspecified atom stereocenters. The van der Waals surface area contributed by atoms with Crippen molar-refractivity contribution in [2.75, 3.05) is 0 Å². The van der Waals surface area contributed by atoms with E-state index in [1.165, 1.54) is 0 Å². The molecular weight excluding hydrogens is 699 g/mol. The number of halogens is 17. The number of carbonyl (C=O) groups excluding carboxylic acids is 2. The zero-order valence-electron chi connectivity index (χ0n) is 25.1. The van der Waals surface area contributed by atoms with Crippen molar-refractivity contribution < 1.29 is 93.7 Å². The molecule has 0 heterocycles. The third-order valence-electron chi connectivity index (χ3n) is 6.34. The van der Waals surface area contributed by atoms with Crippen molar-refractivity contribution in [3.05, 3.63) is 22.8 Å². The highest BCUT2D eigenvalue weighted by Gasteiger charge is 2.95. The third-order valence-corrected chi connectivity index (χ3v) is 6.34. The number of alkyl halides is 17. The molecule has 0 bridgehead atoms. The molecule has 1 rings (SSSR count). The predicted octanol–water partition coefficient (Wildman–Crippen LogP) is 9.60. The van der Waals surface area contributed by atoms with Gasteiger partial charge in [-0.1, -0.05) is 41.5 Å². The second-order valence-electron chi connectivity index (χ2n) is 12.2. The van der Waals surface area contributed by atoms with Crippen LogP contribution in [0, 0.1) is 0 Å². The van der Waals surface area contributed by atoms with E-state index in [0.29, 0.717) is 6.92 Å². The first kappa shape index (κ1) is 42.0. The Bertz CT molecular complexity index is 1380. The van der Waals surface area contributed by atoms with E-state index in [0.717, 1.165) is 48.5 Å². The largest absolute Gasteiger partial charge is 0.460 e. The van der Waals surface area contributed by atoms with Crippen molar-refractivity contribution in [2.24, 2.45) is 0 Å². The molecule has 0 aliphatic carbocycles. The highest BCUT2D eigenvalue weighted by atomic mass is 19.4. The van der Waals surface area contributed by atoms with Gasteiger partial charge in [0.25, 0.3) is 0 Å². The van der Waals surface area contributed by atoms with Gasteiger partial charge < -0.3 is 9.47 Å². The zero-order valence-corrected chi connectivity index (χ0v) is 25.1. The Balaban J connectivity index is 4.44. The molecule has 0 atom stereocenters. The van der Waals surface area contributed by atoms with Crippen LogP contribution in [0.25, 0.3) is 0 Å². The lowest BCUT2D eigenvalue weighted by molar-refractivity contribution is -0.462. The molecule has 0 aliphatic rings. The molecule has 272 valence electrons. The Kier molecular flexibility index (Phi) is 10.3. The van der Waals surface area contributed by atoms with Crippen LogP contribution < -0.4 is 9.47 Å². The summed E-state index contributed by atoms with van der Waals surface area (Å²) in [7, 11) is 0. The summed E-state index contributed by atoms with van der Waals surface area (Å²) in [5.41, 5.74) is -7.99. The summed E-state index contributed by atoms with van der Waals surface area (Å²) in [6.45, 7) is 7.55. The molecule has 0 spiro atoms. The second kappa shape index (κ2) is 11.5. The van der Waals surface area contributed by atoms with Crippen molar-refractivity contribution >= 4 is 11.9 Å². The Hall–Kier alpha value is -3.03. The molecule has 1 aromatic rings. The Morgan fingerprint density at radius 1 is 0.468 bits per heavy atom. The standard InChI is InChI=1S/C26H25F17O4/c1-10(44)46-15-12(17(3,4)5)9-13(16(47-11(2)45)14(15)18(6,7)8)19(27,28)20(29,30)21(31,32)22(33,34)23(35,36)24(37,38)25(39,40)26(41,42)43/h9H,1-8H3. The summed E-state index contributed by atoms with van der Waals surface area (Å²) in [6.07, 6.45) is -7.88. The molecule has 0 aliphatic heterocycles. The van der Waals surface area contributed by atoms with Gasteiger partial charge in [-0.05, 0) is 16.9 Å². The van der Waals surface area contributed by atoms with Gasteiger partial charge in [0, 0.05) is 25.0 Å². The fraction of sp³-hybridized carbons (Fsp3) is 0.692. The maximum absolute atomic E-state index is 15.7. The van der Waals surface area contributed by atoms with Crippen LogP contribution in [-0.2, 0) is 26.3 Å². The minimum Gasteiger partial charge on any atom is -0.426 e. The van der Waals surface area contributed by atoms with Crippen molar-refractivity contribution in [3.63, 3.8) is 0 Å². The average Bonchev–Trinajstić information content (AvgIpc) is 2.80. The Morgan fingerprint density at radius 3 is 1.04 bits per heavy atom. The molecule has 1 aromatic carbocycles. The average molecular weight is 724 g/mol. The molecule has 0 saturated heterocycles. The van der Waals surface area contributed by atoms with Crippen LogP contribution in [0.3, 0.4) is 0 Å². The fourth-order valence-corrected chi connectivity index (χ4v) is 3.95. The van der Waals surface area contributed by atoms with Crippen LogP contribution in [0.4, 0.5) is 74.6 Å². The highest BCUT2D eigenvalue weighted by Crippen LogP contribution is 2.66. The van der Waals surface area contributed by atoms with Crippen molar-refractivity contribution in [1.82, 2.24) is 0 Å². The lowest BCUT2D eigenvalue weighted by atomic mass is 9.76. The van der Waals surface area contributed by atoms with E-state index < -0.39 is 98.6 Å². The SMILES string of the molecule is CC(=O)Oc1c(C(C)(C)C)cc(C(F)(F)C(F)(F)C(F)(F)C(F)(F)C(F)(F)C(F)(F)C(F)(F)C(F)(F)F)c(OC(C)=O)c1C(C)(C)C. The molecule has 21 heteroatoms. The predicted molar refractivity (Wildman–Crippen MR) is 126 cm³/mol. The number of esters is 2. The van der Waals surface area contributed by atoms with E-state index in [9.17, 15) is 66.7 Å². The lowest BCUT2D eigenvalue weighted by Crippen LogP contribution is -2.74. The Morgan fingerprint density at radius 2 is 0.766 bits per heavy atom. The van der Waals surface area contributed by atoms with Crippen molar-refractivity contribution in [3.8, 4) is 11.5 Å². The molecule has 0 N–H and O–H groups in total. The topological polar surface area (TPSA) is 52.6 Å². The summed E-state index contributed by atoms with van der Waals surface area (Å²) in [6, 6.07) is -0.252. The molecule has 0 saturated carbocycles. The van der Waals surface area contributed by atoms with Crippen LogP contribution in [0.1, 0.15) is 72.1 Å². The maximum atomic E-state index is 15.7. The van der Waals surface area contributed by atoms with Gasteiger partial charge in [0.15, 0.2) is 0 Å². The smallest absolute Gasteiger partial charge is 0.426 e. The number of hydrogen-bond donors (Lipinski definition) is 0. The van der Waals surface area contributed by atoms with E-state index >= 15 is 17.6 Å².